The molecular formula is C12H11N5OS. The van der Waals surface area contributed by atoms with E-state index in [9.17, 15) is 0 Å². The van der Waals surface area contributed by atoms with Crippen LogP contribution in [0.15, 0.2) is 18.7 Å². The Kier molecular flexibility index (Phi) is 2.52. The third-order valence-electron chi connectivity index (χ3n) is 3.18. The van der Waals surface area contributed by atoms with Gasteiger partial charge < -0.3 is 9.64 Å². The number of hydrogen-bond donors (Lipinski definition) is 0. The molecule has 7 heteroatoms. The molecule has 0 atom stereocenters. The second-order valence-corrected chi connectivity index (χ2v) is 5.29. The summed E-state index contributed by atoms with van der Waals surface area (Å²) in [5.74, 6) is 0.970. The SMILES string of the molecule is c1cnc2c(n1)sc1c(N3CCOCC3)ncnc12. The van der Waals surface area contributed by atoms with Gasteiger partial charge in [0.2, 0.25) is 0 Å². The van der Waals surface area contributed by atoms with Crippen molar-refractivity contribution in [3.63, 3.8) is 0 Å². The van der Waals surface area contributed by atoms with Gasteiger partial charge in [-0.2, -0.15) is 0 Å². The monoisotopic (exact) mass is 273 g/mol. The molecule has 0 amide bonds. The molecule has 0 saturated carbocycles. The largest absolute Gasteiger partial charge is 0.378 e. The van der Waals surface area contributed by atoms with E-state index in [-0.39, 0.29) is 0 Å². The first-order valence-corrected chi connectivity index (χ1v) is 6.92. The van der Waals surface area contributed by atoms with Gasteiger partial charge in [0.25, 0.3) is 0 Å². The van der Waals surface area contributed by atoms with Crippen molar-refractivity contribution in [3.05, 3.63) is 18.7 Å². The molecule has 1 aliphatic rings. The standard InChI is InChI=1S/C12H11N5OS/c1-2-14-12-9(13-1)8-10(19-12)11(16-7-15-8)17-3-5-18-6-4-17/h1-2,7H,3-6H2. The van der Waals surface area contributed by atoms with Gasteiger partial charge in [0, 0.05) is 25.5 Å². The molecule has 0 radical (unpaired) electrons. The molecule has 3 aromatic heterocycles. The van der Waals surface area contributed by atoms with Gasteiger partial charge in [-0.1, -0.05) is 0 Å². The molecule has 0 aliphatic carbocycles. The first-order chi connectivity index (χ1) is 9.43. The Morgan fingerprint density at radius 3 is 2.74 bits per heavy atom. The highest BCUT2D eigenvalue weighted by Gasteiger charge is 2.19. The lowest BCUT2D eigenvalue weighted by Crippen LogP contribution is -2.36. The van der Waals surface area contributed by atoms with Gasteiger partial charge in [0.1, 0.15) is 28.0 Å². The Morgan fingerprint density at radius 2 is 1.84 bits per heavy atom. The van der Waals surface area contributed by atoms with Crippen LogP contribution in [0.4, 0.5) is 5.82 Å². The van der Waals surface area contributed by atoms with E-state index in [0.717, 1.165) is 52.7 Å². The zero-order valence-corrected chi connectivity index (χ0v) is 10.9. The fourth-order valence-corrected chi connectivity index (χ4v) is 3.36. The van der Waals surface area contributed by atoms with Crippen molar-refractivity contribution in [2.75, 3.05) is 31.2 Å². The minimum absolute atomic E-state index is 0.743. The van der Waals surface area contributed by atoms with Crippen LogP contribution in [0.1, 0.15) is 0 Å². The highest BCUT2D eigenvalue weighted by atomic mass is 32.1. The number of ether oxygens (including phenoxy) is 1. The number of aromatic nitrogens is 4. The predicted octanol–water partition coefficient (Wildman–Crippen LogP) is 1.47. The van der Waals surface area contributed by atoms with E-state index in [0.29, 0.717) is 0 Å². The zero-order valence-electron chi connectivity index (χ0n) is 10.1. The number of morpholine rings is 1. The van der Waals surface area contributed by atoms with Crippen molar-refractivity contribution >= 4 is 37.7 Å². The molecule has 19 heavy (non-hydrogen) atoms. The maximum absolute atomic E-state index is 5.39. The van der Waals surface area contributed by atoms with Crippen LogP contribution in [0.2, 0.25) is 0 Å². The zero-order chi connectivity index (χ0) is 12.7. The third kappa shape index (κ3) is 1.73. The van der Waals surface area contributed by atoms with Gasteiger partial charge in [-0.25, -0.2) is 19.9 Å². The molecule has 4 rings (SSSR count). The highest BCUT2D eigenvalue weighted by Crippen LogP contribution is 2.34. The molecule has 3 aromatic rings. The lowest BCUT2D eigenvalue weighted by molar-refractivity contribution is 0.122. The Morgan fingerprint density at radius 1 is 1.00 bits per heavy atom. The number of hydrogen-bond acceptors (Lipinski definition) is 7. The summed E-state index contributed by atoms with van der Waals surface area (Å²) in [5.41, 5.74) is 1.75. The molecule has 0 spiro atoms. The topological polar surface area (TPSA) is 64.0 Å². The second-order valence-electron chi connectivity index (χ2n) is 4.29. The lowest BCUT2D eigenvalue weighted by Gasteiger charge is -2.27. The molecule has 0 aromatic carbocycles. The van der Waals surface area contributed by atoms with E-state index in [1.807, 2.05) is 0 Å². The molecule has 1 saturated heterocycles. The van der Waals surface area contributed by atoms with Crippen LogP contribution < -0.4 is 4.90 Å². The van der Waals surface area contributed by atoms with Gasteiger partial charge in [-0.05, 0) is 0 Å². The van der Waals surface area contributed by atoms with Crippen LogP contribution in [0, 0.1) is 0 Å². The van der Waals surface area contributed by atoms with Crippen molar-refractivity contribution in [3.8, 4) is 0 Å². The molecule has 1 fully saturated rings. The van der Waals surface area contributed by atoms with Gasteiger partial charge in [-0.3, -0.25) is 0 Å². The normalized spacial score (nSPS) is 16.3. The predicted molar refractivity (Wildman–Crippen MR) is 73.5 cm³/mol. The molecule has 4 heterocycles. The quantitative estimate of drug-likeness (QED) is 0.669. The van der Waals surface area contributed by atoms with Gasteiger partial charge in [0.15, 0.2) is 0 Å². The average Bonchev–Trinajstić information content (AvgIpc) is 2.87. The van der Waals surface area contributed by atoms with Crippen molar-refractivity contribution in [2.24, 2.45) is 0 Å². The van der Waals surface area contributed by atoms with Crippen molar-refractivity contribution < 1.29 is 4.74 Å². The summed E-state index contributed by atoms with van der Waals surface area (Å²) in [6.45, 7) is 3.21. The fraction of sp³-hybridized carbons (Fsp3) is 0.333. The van der Waals surface area contributed by atoms with Crippen molar-refractivity contribution in [1.82, 2.24) is 19.9 Å². The van der Waals surface area contributed by atoms with Crippen LogP contribution in [0.5, 0.6) is 0 Å². The highest BCUT2D eigenvalue weighted by molar-refractivity contribution is 7.25. The number of rotatable bonds is 1. The Balaban J connectivity index is 1.95. The van der Waals surface area contributed by atoms with E-state index in [1.165, 1.54) is 0 Å². The smallest absolute Gasteiger partial charge is 0.150 e. The fourth-order valence-electron chi connectivity index (χ4n) is 2.29. The van der Waals surface area contributed by atoms with Crippen LogP contribution >= 0.6 is 11.3 Å². The molecule has 0 N–H and O–H groups in total. The van der Waals surface area contributed by atoms with Crippen LogP contribution in [0.25, 0.3) is 20.6 Å². The van der Waals surface area contributed by atoms with Crippen molar-refractivity contribution in [1.29, 1.82) is 0 Å². The Labute approximate surface area is 113 Å². The first-order valence-electron chi connectivity index (χ1n) is 6.10. The van der Waals surface area contributed by atoms with Gasteiger partial charge >= 0.3 is 0 Å². The molecule has 1 aliphatic heterocycles. The first kappa shape index (κ1) is 11.0. The average molecular weight is 273 g/mol. The van der Waals surface area contributed by atoms with E-state index in [4.69, 9.17) is 4.74 Å². The molecule has 96 valence electrons. The number of fused-ring (bicyclic) bond motifs is 3. The van der Waals surface area contributed by atoms with Crippen molar-refractivity contribution in [2.45, 2.75) is 0 Å². The Bertz CT molecular complexity index is 737. The Hall–Kier alpha value is -1.86. The molecular weight excluding hydrogens is 262 g/mol. The summed E-state index contributed by atoms with van der Waals surface area (Å²) < 4.78 is 6.45. The van der Waals surface area contributed by atoms with Crippen LogP contribution in [0.3, 0.4) is 0 Å². The molecule has 0 bridgehead atoms. The summed E-state index contributed by atoms with van der Waals surface area (Å²) in [5, 5.41) is 0. The summed E-state index contributed by atoms with van der Waals surface area (Å²) >= 11 is 1.60. The summed E-state index contributed by atoms with van der Waals surface area (Å²) in [6.07, 6.45) is 5.01. The number of thiophene rings is 1. The third-order valence-corrected chi connectivity index (χ3v) is 4.26. The molecule has 0 unspecified atom stereocenters. The van der Waals surface area contributed by atoms with E-state index in [2.05, 4.69) is 24.8 Å². The van der Waals surface area contributed by atoms with E-state index >= 15 is 0 Å². The van der Waals surface area contributed by atoms with Gasteiger partial charge in [-0.15, -0.1) is 11.3 Å². The number of nitrogens with zero attached hydrogens (tertiary/aromatic N) is 5. The van der Waals surface area contributed by atoms with Gasteiger partial charge in [0.05, 0.1) is 17.9 Å². The maximum Gasteiger partial charge on any atom is 0.150 e. The van der Waals surface area contributed by atoms with Crippen LogP contribution in [-0.2, 0) is 4.74 Å². The molecule has 6 nitrogen and oxygen atoms in total. The lowest BCUT2D eigenvalue weighted by atomic mass is 10.3. The minimum atomic E-state index is 0.743. The minimum Gasteiger partial charge on any atom is -0.378 e. The second kappa shape index (κ2) is 4.36. The summed E-state index contributed by atoms with van der Waals surface area (Å²) in [4.78, 5) is 20.7. The van der Waals surface area contributed by atoms with Crippen LogP contribution in [-0.4, -0.2) is 46.2 Å². The number of anilines is 1. The summed E-state index contributed by atoms with van der Waals surface area (Å²) in [7, 11) is 0. The summed E-state index contributed by atoms with van der Waals surface area (Å²) in [6, 6.07) is 0. The van der Waals surface area contributed by atoms with E-state index < -0.39 is 0 Å². The maximum atomic E-state index is 5.39. The van der Waals surface area contributed by atoms with E-state index in [1.54, 1.807) is 30.1 Å².